The fraction of sp³-hybridized carbons (Fsp3) is 0.529. The molecule has 1 fully saturated rings. The zero-order valence-electron chi connectivity index (χ0n) is 13.5. The number of hydrogen-bond donors (Lipinski definition) is 0. The van der Waals surface area contributed by atoms with E-state index in [-0.39, 0.29) is 17.8 Å². The molecule has 1 amide bonds. The lowest BCUT2D eigenvalue weighted by Gasteiger charge is -2.31. The van der Waals surface area contributed by atoms with Crippen LogP contribution in [0.2, 0.25) is 0 Å². The van der Waals surface area contributed by atoms with Gasteiger partial charge in [-0.25, -0.2) is 0 Å². The summed E-state index contributed by atoms with van der Waals surface area (Å²) in [5.41, 5.74) is 1.15. The van der Waals surface area contributed by atoms with Gasteiger partial charge in [-0.3, -0.25) is 9.59 Å². The molecule has 1 aromatic carbocycles. The lowest BCUT2D eigenvalue weighted by Crippen LogP contribution is -2.43. The largest absolute Gasteiger partial charge is 0.466 e. The first-order valence-corrected chi connectivity index (χ1v) is 9.62. The van der Waals surface area contributed by atoms with Gasteiger partial charge in [-0.05, 0) is 50.5 Å². The van der Waals surface area contributed by atoms with E-state index in [9.17, 15) is 9.59 Å². The normalized spacial score (nSPS) is 17.9. The predicted molar refractivity (Wildman–Crippen MR) is 95.5 cm³/mol. The summed E-state index contributed by atoms with van der Waals surface area (Å²) in [5, 5.41) is 0. The number of carbonyl (C=O) groups is 2. The van der Waals surface area contributed by atoms with Crippen molar-refractivity contribution in [1.82, 2.24) is 4.90 Å². The molecule has 1 aliphatic heterocycles. The van der Waals surface area contributed by atoms with E-state index < -0.39 is 0 Å². The number of aryl methyl sites for hydroxylation is 1. The van der Waals surface area contributed by atoms with Crippen LogP contribution in [0.4, 0.5) is 0 Å². The lowest BCUT2D eigenvalue weighted by molar-refractivity contribution is -0.151. The molecule has 6 heteroatoms. The van der Waals surface area contributed by atoms with E-state index in [2.05, 4.69) is 15.9 Å². The second kappa shape index (κ2) is 8.73. The lowest BCUT2D eigenvalue weighted by atomic mass is 9.98. The Hall–Kier alpha value is -1.01. The molecule has 0 saturated carbocycles. The first kappa shape index (κ1) is 18.3. The summed E-state index contributed by atoms with van der Waals surface area (Å²) in [4.78, 5) is 27.2. The monoisotopic (exact) mass is 399 g/mol. The van der Waals surface area contributed by atoms with E-state index in [1.807, 2.05) is 25.1 Å². The van der Waals surface area contributed by atoms with Crippen molar-refractivity contribution >= 4 is 39.6 Å². The second-order valence-corrected chi connectivity index (χ2v) is 7.56. The van der Waals surface area contributed by atoms with Gasteiger partial charge in [0.15, 0.2) is 0 Å². The van der Waals surface area contributed by atoms with Gasteiger partial charge in [-0.1, -0.05) is 15.9 Å². The topological polar surface area (TPSA) is 46.6 Å². The molecule has 0 bridgehead atoms. The summed E-state index contributed by atoms with van der Waals surface area (Å²) < 4.78 is 6.12. The van der Waals surface area contributed by atoms with Crippen molar-refractivity contribution in [3.8, 4) is 0 Å². The minimum atomic E-state index is -0.179. The second-order valence-electron chi connectivity index (χ2n) is 5.63. The van der Waals surface area contributed by atoms with E-state index in [0.29, 0.717) is 18.9 Å². The molecule has 1 atom stereocenters. The Morgan fingerprint density at radius 3 is 2.91 bits per heavy atom. The van der Waals surface area contributed by atoms with Crippen LogP contribution in [-0.2, 0) is 14.3 Å². The highest BCUT2D eigenvalue weighted by molar-refractivity contribution is 9.10. The van der Waals surface area contributed by atoms with Gasteiger partial charge in [0.2, 0.25) is 5.91 Å². The van der Waals surface area contributed by atoms with Crippen molar-refractivity contribution in [3.63, 3.8) is 0 Å². The summed E-state index contributed by atoms with van der Waals surface area (Å²) in [6, 6.07) is 6.05. The van der Waals surface area contributed by atoms with E-state index >= 15 is 0 Å². The van der Waals surface area contributed by atoms with E-state index in [4.69, 9.17) is 4.74 Å². The van der Waals surface area contributed by atoms with Crippen LogP contribution in [0.3, 0.4) is 0 Å². The molecule has 1 saturated heterocycles. The van der Waals surface area contributed by atoms with E-state index in [1.54, 1.807) is 23.6 Å². The number of likely N-dealkylation sites (tertiary alicyclic amines) is 1. The zero-order chi connectivity index (χ0) is 16.8. The first-order valence-electron chi connectivity index (χ1n) is 7.84. The van der Waals surface area contributed by atoms with E-state index in [1.165, 1.54) is 0 Å². The van der Waals surface area contributed by atoms with Gasteiger partial charge >= 0.3 is 5.97 Å². The van der Waals surface area contributed by atoms with Crippen LogP contribution in [0.1, 0.15) is 25.3 Å². The number of amides is 1. The summed E-state index contributed by atoms with van der Waals surface area (Å²) in [6.45, 7) is 5.45. The number of rotatable bonds is 5. The highest BCUT2D eigenvalue weighted by Gasteiger charge is 2.29. The maximum atomic E-state index is 12.4. The molecule has 1 aromatic rings. The van der Waals surface area contributed by atoms with Crippen LogP contribution in [-0.4, -0.2) is 42.2 Å². The van der Waals surface area contributed by atoms with Crippen molar-refractivity contribution in [3.05, 3.63) is 28.2 Å². The molecule has 2 rings (SSSR count). The molecule has 126 valence electrons. The summed E-state index contributed by atoms with van der Waals surface area (Å²) in [6.07, 6.45) is 1.67. The molecule has 0 spiro atoms. The Bertz CT molecular complexity index is 579. The number of nitrogens with zero attached hydrogens (tertiary/aromatic N) is 1. The molecule has 0 aliphatic carbocycles. The molecule has 4 nitrogen and oxygen atoms in total. The van der Waals surface area contributed by atoms with Gasteiger partial charge in [0.25, 0.3) is 0 Å². The molecule has 0 aromatic heterocycles. The average Bonchev–Trinajstić information content (AvgIpc) is 2.54. The average molecular weight is 400 g/mol. The Morgan fingerprint density at radius 1 is 1.43 bits per heavy atom. The predicted octanol–water partition coefficient (Wildman–Crippen LogP) is 3.65. The van der Waals surface area contributed by atoms with E-state index in [0.717, 1.165) is 34.3 Å². The Kier molecular flexibility index (Phi) is 6.96. The minimum absolute atomic E-state index is 0.0892. The van der Waals surface area contributed by atoms with Crippen LogP contribution in [0, 0.1) is 12.8 Å². The molecule has 0 N–H and O–H groups in total. The van der Waals surface area contributed by atoms with Gasteiger partial charge < -0.3 is 9.64 Å². The number of esters is 1. The van der Waals surface area contributed by atoms with Crippen molar-refractivity contribution in [2.45, 2.75) is 31.6 Å². The van der Waals surface area contributed by atoms with Crippen LogP contribution < -0.4 is 0 Å². The fourth-order valence-electron chi connectivity index (χ4n) is 2.66. The molecule has 1 heterocycles. The summed E-state index contributed by atoms with van der Waals surface area (Å²) >= 11 is 4.99. The van der Waals surface area contributed by atoms with Crippen molar-refractivity contribution in [1.29, 1.82) is 0 Å². The third-order valence-corrected chi connectivity index (χ3v) is 5.54. The number of thioether (sulfide) groups is 1. The zero-order valence-corrected chi connectivity index (χ0v) is 15.9. The molecular formula is C17H22BrNO3S. The number of hydrogen-bond acceptors (Lipinski definition) is 4. The number of ether oxygens (including phenoxy) is 1. The van der Waals surface area contributed by atoms with Crippen molar-refractivity contribution < 1.29 is 14.3 Å². The summed E-state index contributed by atoms with van der Waals surface area (Å²) in [5.74, 6) is 0.137. The van der Waals surface area contributed by atoms with Crippen LogP contribution in [0.15, 0.2) is 27.6 Å². The number of piperidine rings is 1. The standard InChI is InChI=1S/C17H22BrNO3S/c1-3-22-17(21)13-5-4-8-19(10-13)16(20)11-23-15-7-6-14(18)9-12(15)2/h6-7,9,13H,3-5,8,10-11H2,1-2H3. The maximum Gasteiger partial charge on any atom is 0.310 e. The van der Waals surface area contributed by atoms with Gasteiger partial charge in [-0.2, -0.15) is 0 Å². The smallest absolute Gasteiger partial charge is 0.310 e. The number of benzene rings is 1. The Labute approximate surface area is 150 Å². The fourth-order valence-corrected chi connectivity index (χ4v) is 4.05. The van der Waals surface area contributed by atoms with Crippen LogP contribution in [0.25, 0.3) is 0 Å². The number of carbonyl (C=O) groups excluding carboxylic acids is 2. The van der Waals surface area contributed by atoms with Crippen molar-refractivity contribution in [2.24, 2.45) is 5.92 Å². The minimum Gasteiger partial charge on any atom is -0.466 e. The quantitative estimate of drug-likeness (QED) is 0.559. The van der Waals surface area contributed by atoms with Gasteiger partial charge in [0, 0.05) is 22.5 Å². The van der Waals surface area contributed by atoms with Gasteiger partial charge in [0.1, 0.15) is 0 Å². The molecule has 1 aliphatic rings. The molecule has 0 radical (unpaired) electrons. The molecular weight excluding hydrogens is 378 g/mol. The Morgan fingerprint density at radius 2 is 2.22 bits per heavy atom. The Balaban J connectivity index is 1.88. The third kappa shape index (κ3) is 5.24. The van der Waals surface area contributed by atoms with Gasteiger partial charge in [-0.15, -0.1) is 11.8 Å². The highest BCUT2D eigenvalue weighted by Crippen LogP contribution is 2.26. The van der Waals surface area contributed by atoms with Crippen molar-refractivity contribution in [2.75, 3.05) is 25.4 Å². The first-order chi connectivity index (χ1) is 11.0. The SMILES string of the molecule is CCOC(=O)C1CCCN(C(=O)CSc2ccc(Br)cc2C)C1. The number of halogens is 1. The third-order valence-electron chi connectivity index (χ3n) is 3.88. The van der Waals surface area contributed by atoms with Crippen LogP contribution in [0.5, 0.6) is 0 Å². The summed E-state index contributed by atoms with van der Waals surface area (Å²) in [7, 11) is 0. The maximum absolute atomic E-state index is 12.4. The molecule has 1 unspecified atom stereocenters. The van der Waals surface area contributed by atoms with Gasteiger partial charge in [0.05, 0.1) is 18.3 Å². The molecule has 23 heavy (non-hydrogen) atoms. The highest BCUT2D eigenvalue weighted by atomic mass is 79.9. The van der Waals surface area contributed by atoms with Crippen LogP contribution >= 0.6 is 27.7 Å².